The number of hydrogen-bond acceptors (Lipinski definition) is 5. The zero-order chi connectivity index (χ0) is 16.1. The fraction of sp³-hybridized carbons (Fsp3) is 0.333. The van der Waals surface area contributed by atoms with Crippen molar-refractivity contribution in [1.82, 2.24) is 30.2 Å². The minimum Gasteiger partial charge on any atom is -0.356 e. The van der Waals surface area contributed by atoms with E-state index in [1.165, 1.54) is 0 Å². The molecule has 128 valence electrons. The van der Waals surface area contributed by atoms with E-state index in [9.17, 15) is 0 Å². The summed E-state index contributed by atoms with van der Waals surface area (Å²) in [5.74, 6) is 1.59. The molecule has 0 saturated heterocycles. The molecule has 0 atom stereocenters. The van der Waals surface area contributed by atoms with Gasteiger partial charge in [0, 0.05) is 31.6 Å². The predicted molar refractivity (Wildman–Crippen MR) is 107 cm³/mol. The van der Waals surface area contributed by atoms with Crippen molar-refractivity contribution in [3.05, 3.63) is 46.3 Å². The molecule has 0 radical (unpaired) electrons. The second-order valence-corrected chi connectivity index (χ2v) is 6.07. The summed E-state index contributed by atoms with van der Waals surface area (Å²) in [4.78, 5) is 8.67. The molecule has 0 saturated carbocycles. The molecule has 3 rings (SSSR count). The van der Waals surface area contributed by atoms with Gasteiger partial charge in [-0.05, 0) is 19.1 Å². The number of aryl methyl sites for hydroxylation is 1. The Morgan fingerprint density at radius 1 is 1.29 bits per heavy atom. The van der Waals surface area contributed by atoms with Crippen LogP contribution >= 0.6 is 35.3 Å². The lowest BCUT2D eigenvalue weighted by Gasteiger charge is -2.10. The second kappa shape index (κ2) is 8.92. The number of nitrogens with one attached hydrogen (secondary N) is 2. The average molecular weight is 457 g/mol. The molecule has 0 aliphatic heterocycles. The third-order valence-corrected chi connectivity index (χ3v) is 4.18. The lowest BCUT2D eigenvalue weighted by Crippen LogP contribution is -2.38. The van der Waals surface area contributed by atoms with Gasteiger partial charge in [-0.1, -0.05) is 6.07 Å². The Kier molecular flexibility index (Phi) is 6.91. The van der Waals surface area contributed by atoms with E-state index in [1.54, 1.807) is 18.4 Å². The van der Waals surface area contributed by atoms with Gasteiger partial charge in [0.15, 0.2) is 17.4 Å². The standard InChI is InChI=1S/C15H19N7S.HI/c1-11-19-12(10-23-11)6-7-17-15(16-2)18-9-14-21-20-13-5-3-4-8-22(13)14;/h3-5,8,10H,6-7,9H2,1-2H3,(H2,16,17,18);1H. The summed E-state index contributed by atoms with van der Waals surface area (Å²) in [5.41, 5.74) is 1.95. The molecule has 3 aromatic heterocycles. The predicted octanol–water partition coefficient (Wildman–Crippen LogP) is 2.02. The Bertz CT molecular complexity index is 811. The van der Waals surface area contributed by atoms with E-state index in [0.717, 1.165) is 41.1 Å². The molecule has 0 aliphatic rings. The van der Waals surface area contributed by atoms with Gasteiger partial charge in [-0.2, -0.15) is 0 Å². The van der Waals surface area contributed by atoms with E-state index >= 15 is 0 Å². The number of aliphatic imine (C=N–C) groups is 1. The van der Waals surface area contributed by atoms with Crippen molar-refractivity contribution in [3.8, 4) is 0 Å². The van der Waals surface area contributed by atoms with E-state index in [2.05, 4.69) is 36.2 Å². The molecule has 0 aliphatic carbocycles. The van der Waals surface area contributed by atoms with Crippen LogP contribution < -0.4 is 10.6 Å². The van der Waals surface area contributed by atoms with Gasteiger partial charge in [0.25, 0.3) is 0 Å². The lowest BCUT2D eigenvalue weighted by atomic mass is 10.3. The molecular formula is C15H20IN7S. The minimum absolute atomic E-state index is 0. The van der Waals surface area contributed by atoms with Crippen LogP contribution in [-0.2, 0) is 13.0 Å². The zero-order valence-electron chi connectivity index (χ0n) is 13.6. The Labute approximate surface area is 161 Å². The SMILES string of the molecule is CN=C(NCCc1csc(C)n1)NCc1nnc2ccccn12.I. The number of guanidine groups is 1. The first kappa shape index (κ1) is 18.6. The molecule has 2 N–H and O–H groups in total. The molecule has 0 spiro atoms. The van der Waals surface area contributed by atoms with Gasteiger partial charge in [-0.15, -0.1) is 45.5 Å². The number of hydrogen-bond donors (Lipinski definition) is 2. The zero-order valence-corrected chi connectivity index (χ0v) is 16.7. The van der Waals surface area contributed by atoms with Crippen LogP contribution in [0.5, 0.6) is 0 Å². The van der Waals surface area contributed by atoms with Crippen LogP contribution in [0.1, 0.15) is 16.5 Å². The Hall–Kier alpha value is -1.75. The third-order valence-electron chi connectivity index (χ3n) is 3.36. The van der Waals surface area contributed by atoms with Crippen molar-refractivity contribution in [2.45, 2.75) is 19.9 Å². The summed E-state index contributed by atoms with van der Waals surface area (Å²) in [6, 6.07) is 5.84. The van der Waals surface area contributed by atoms with Gasteiger partial charge in [0.2, 0.25) is 0 Å². The highest BCUT2D eigenvalue weighted by molar-refractivity contribution is 14.0. The van der Waals surface area contributed by atoms with Crippen LogP contribution in [0.3, 0.4) is 0 Å². The van der Waals surface area contributed by atoms with Crippen molar-refractivity contribution < 1.29 is 0 Å². The fourth-order valence-corrected chi connectivity index (χ4v) is 2.87. The number of fused-ring (bicyclic) bond motifs is 1. The summed E-state index contributed by atoms with van der Waals surface area (Å²) in [6.45, 7) is 3.36. The molecule has 0 fully saturated rings. The number of rotatable bonds is 5. The van der Waals surface area contributed by atoms with E-state index < -0.39 is 0 Å². The van der Waals surface area contributed by atoms with Crippen LogP contribution in [0.25, 0.3) is 5.65 Å². The van der Waals surface area contributed by atoms with E-state index in [4.69, 9.17) is 0 Å². The van der Waals surface area contributed by atoms with Gasteiger partial charge in [-0.25, -0.2) is 4.98 Å². The van der Waals surface area contributed by atoms with E-state index in [1.807, 2.05) is 35.7 Å². The van der Waals surface area contributed by atoms with Crippen LogP contribution in [0.15, 0.2) is 34.8 Å². The monoisotopic (exact) mass is 457 g/mol. The van der Waals surface area contributed by atoms with Crippen LogP contribution in [0.2, 0.25) is 0 Å². The second-order valence-electron chi connectivity index (χ2n) is 5.01. The molecule has 0 aromatic carbocycles. The van der Waals surface area contributed by atoms with Crippen molar-refractivity contribution in [1.29, 1.82) is 0 Å². The molecular weight excluding hydrogens is 437 g/mol. The highest BCUT2D eigenvalue weighted by Crippen LogP contribution is 2.07. The van der Waals surface area contributed by atoms with Crippen LogP contribution in [-0.4, -0.2) is 39.1 Å². The highest BCUT2D eigenvalue weighted by atomic mass is 127. The Morgan fingerprint density at radius 2 is 2.17 bits per heavy atom. The number of aromatic nitrogens is 4. The molecule has 7 nitrogen and oxygen atoms in total. The fourth-order valence-electron chi connectivity index (χ4n) is 2.23. The van der Waals surface area contributed by atoms with E-state index in [0.29, 0.717) is 6.54 Å². The topological polar surface area (TPSA) is 79.5 Å². The van der Waals surface area contributed by atoms with Crippen molar-refractivity contribution in [2.75, 3.05) is 13.6 Å². The molecule has 0 amide bonds. The molecule has 3 heterocycles. The smallest absolute Gasteiger partial charge is 0.191 e. The van der Waals surface area contributed by atoms with Gasteiger partial charge in [0.1, 0.15) is 0 Å². The molecule has 3 aromatic rings. The maximum Gasteiger partial charge on any atom is 0.191 e. The lowest BCUT2D eigenvalue weighted by molar-refractivity contribution is 0.753. The summed E-state index contributed by atoms with van der Waals surface area (Å²) >= 11 is 1.68. The molecule has 9 heteroatoms. The third kappa shape index (κ3) is 4.63. The number of thiazole rings is 1. The number of halogens is 1. The normalized spacial score (nSPS) is 11.3. The van der Waals surface area contributed by atoms with Gasteiger partial charge >= 0.3 is 0 Å². The highest BCUT2D eigenvalue weighted by Gasteiger charge is 2.05. The first-order valence-corrected chi connectivity index (χ1v) is 8.28. The Balaban J connectivity index is 0.00000208. The molecule has 0 unspecified atom stereocenters. The van der Waals surface area contributed by atoms with Crippen LogP contribution in [0.4, 0.5) is 0 Å². The van der Waals surface area contributed by atoms with Gasteiger partial charge < -0.3 is 10.6 Å². The van der Waals surface area contributed by atoms with Gasteiger partial charge in [-0.3, -0.25) is 9.39 Å². The van der Waals surface area contributed by atoms with Crippen molar-refractivity contribution in [2.24, 2.45) is 4.99 Å². The van der Waals surface area contributed by atoms with Crippen molar-refractivity contribution in [3.63, 3.8) is 0 Å². The maximum absolute atomic E-state index is 4.45. The summed E-state index contributed by atoms with van der Waals surface area (Å²) < 4.78 is 1.96. The van der Waals surface area contributed by atoms with Crippen molar-refractivity contribution >= 4 is 46.9 Å². The Morgan fingerprint density at radius 3 is 2.92 bits per heavy atom. The summed E-state index contributed by atoms with van der Waals surface area (Å²) in [7, 11) is 1.75. The number of pyridine rings is 1. The minimum atomic E-state index is 0. The molecule has 24 heavy (non-hydrogen) atoms. The van der Waals surface area contributed by atoms with E-state index in [-0.39, 0.29) is 24.0 Å². The number of nitrogens with zero attached hydrogens (tertiary/aromatic N) is 5. The molecule has 0 bridgehead atoms. The van der Waals surface area contributed by atoms with Gasteiger partial charge in [0.05, 0.1) is 17.2 Å². The largest absolute Gasteiger partial charge is 0.356 e. The summed E-state index contributed by atoms with van der Waals surface area (Å²) in [5, 5.41) is 18.1. The first-order valence-electron chi connectivity index (χ1n) is 7.40. The first-order chi connectivity index (χ1) is 11.3. The quantitative estimate of drug-likeness (QED) is 0.348. The van der Waals surface area contributed by atoms with Crippen LogP contribution in [0, 0.1) is 6.92 Å². The maximum atomic E-state index is 4.45. The average Bonchev–Trinajstić information content (AvgIpc) is 3.17. The summed E-state index contributed by atoms with van der Waals surface area (Å²) in [6.07, 6.45) is 2.83.